The van der Waals surface area contributed by atoms with E-state index in [2.05, 4.69) is 5.32 Å². The smallest absolute Gasteiger partial charge is 0.328 e. The number of carbonyl (C=O) groups is 1. The van der Waals surface area contributed by atoms with Crippen molar-refractivity contribution in [1.82, 2.24) is 5.32 Å². The van der Waals surface area contributed by atoms with Gasteiger partial charge in [0.2, 0.25) is 0 Å². The Morgan fingerprint density at radius 1 is 1.44 bits per heavy atom. The van der Waals surface area contributed by atoms with Crippen molar-refractivity contribution in [3.8, 4) is 5.75 Å². The molecule has 2 N–H and O–H groups in total. The molecule has 0 bridgehead atoms. The number of nitrogens with one attached hydrogen (secondary N) is 1. The van der Waals surface area contributed by atoms with Gasteiger partial charge < -0.3 is 9.84 Å². The molecular formula is C12H15NO3. The van der Waals surface area contributed by atoms with Crippen LogP contribution in [0.2, 0.25) is 0 Å². The quantitative estimate of drug-likeness (QED) is 0.809. The van der Waals surface area contributed by atoms with Gasteiger partial charge in [0.05, 0.1) is 7.11 Å². The average Bonchev–Trinajstić information content (AvgIpc) is 2.79. The predicted molar refractivity (Wildman–Crippen MR) is 59.5 cm³/mol. The zero-order valence-electron chi connectivity index (χ0n) is 9.19. The molecule has 16 heavy (non-hydrogen) atoms. The Morgan fingerprint density at radius 2 is 2.12 bits per heavy atom. The van der Waals surface area contributed by atoms with E-state index in [1.54, 1.807) is 19.2 Å². The highest BCUT2D eigenvalue weighted by Gasteiger charge is 2.42. The largest absolute Gasteiger partial charge is 0.497 e. The van der Waals surface area contributed by atoms with Gasteiger partial charge in [0, 0.05) is 0 Å². The van der Waals surface area contributed by atoms with Crippen LogP contribution in [0.1, 0.15) is 18.4 Å². The van der Waals surface area contributed by atoms with E-state index < -0.39 is 11.5 Å². The van der Waals surface area contributed by atoms with Crippen LogP contribution in [-0.4, -0.2) is 24.7 Å². The minimum absolute atomic E-state index is 0.634. The third-order valence-electron chi connectivity index (χ3n) is 3.10. The molecule has 0 amide bonds. The maximum Gasteiger partial charge on any atom is 0.328 e. The van der Waals surface area contributed by atoms with Crippen LogP contribution in [0.3, 0.4) is 0 Å². The van der Waals surface area contributed by atoms with Crippen molar-refractivity contribution in [3.63, 3.8) is 0 Å². The summed E-state index contributed by atoms with van der Waals surface area (Å²) in [5.41, 5.74) is -0.120. The van der Waals surface area contributed by atoms with Crippen LogP contribution in [0.15, 0.2) is 24.3 Å². The number of benzene rings is 1. The lowest BCUT2D eigenvalue weighted by atomic mass is 9.88. The summed E-state index contributed by atoms with van der Waals surface area (Å²) in [5, 5.41) is 12.4. The summed E-state index contributed by atoms with van der Waals surface area (Å²) in [4.78, 5) is 11.4. The van der Waals surface area contributed by atoms with Gasteiger partial charge in [0.25, 0.3) is 0 Å². The Labute approximate surface area is 94.2 Å². The maximum atomic E-state index is 11.4. The van der Waals surface area contributed by atoms with Crippen LogP contribution in [0.25, 0.3) is 0 Å². The molecule has 1 aliphatic heterocycles. The molecule has 1 atom stereocenters. The van der Waals surface area contributed by atoms with Crippen molar-refractivity contribution in [2.75, 3.05) is 13.7 Å². The van der Waals surface area contributed by atoms with Crippen LogP contribution >= 0.6 is 0 Å². The lowest BCUT2D eigenvalue weighted by Gasteiger charge is -2.25. The molecule has 0 aromatic heterocycles. The van der Waals surface area contributed by atoms with Crippen molar-refractivity contribution >= 4 is 5.97 Å². The second-order valence-electron chi connectivity index (χ2n) is 3.97. The average molecular weight is 221 g/mol. The molecule has 1 heterocycles. The summed E-state index contributed by atoms with van der Waals surface area (Å²) in [5.74, 6) is -0.0718. The van der Waals surface area contributed by atoms with Crippen molar-refractivity contribution < 1.29 is 14.6 Å². The molecule has 0 radical (unpaired) electrons. The third kappa shape index (κ3) is 1.65. The number of methoxy groups -OCH3 is 1. The third-order valence-corrected chi connectivity index (χ3v) is 3.10. The zero-order chi connectivity index (χ0) is 11.6. The van der Waals surface area contributed by atoms with Gasteiger partial charge in [0.15, 0.2) is 0 Å². The fourth-order valence-electron chi connectivity index (χ4n) is 2.17. The molecule has 86 valence electrons. The van der Waals surface area contributed by atoms with Gasteiger partial charge in [-0.1, -0.05) is 12.1 Å². The molecule has 1 aromatic carbocycles. The first kappa shape index (κ1) is 11.0. The van der Waals surface area contributed by atoms with Crippen LogP contribution in [-0.2, 0) is 10.3 Å². The summed E-state index contributed by atoms with van der Waals surface area (Å²) < 4.78 is 5.06. The second kappa shape index (κ2) is 4.14. The Balaban J connectivity index is 2.36. The lowest BCUT2D eigenvalue weighted by molar-refractivity contribution is -0.144. The predicted octanol–water partition coefficient (Wildman–Crippen LogP) is 1.36. The summed E-state index contributed by atoms with van der Waals surface area (Å²) in [6.07, 6.45) is 1.52. The van der Waals surface area contributed by atoms with Gasteiger partial charge in [0.1, 0.15) is 11.3 Å². The van der Waals surface area contributed by atoms with E-state index in [0.29, 0.717) is 6.42 Å². The Bertz CT molecular complexity index is 380. The molecule has 2 rings (SSSR count). The molecule has 1 fully saturated rings. The van der Waals surface area contributed by atoms with Crippen LogP contribution in [0, 0.1) is 0 Å². The van der Waals surface area contributed by atoms with Gasteiger partial charge in [-0.3, -0.25) is 5.32 Å². The van der Waals surface area contributed by atoms with E-state index in [1.165, 1.54) is 0 Å². The van der Waals surface area contributed by atoms with Gasteiger partial charge in [-0.15, -0.1) is 0 Å². The minimum atomic E-state index is -0.910. The number of carboxylic acid groups (broad SMARTS) is 1. The van der Waals surface area contributed by atoms with E-state index in [1.807, 2.05) is 12.1 Å². The van der Waals surface area contributed by atoms with Crippen molar-refractivity contribution in [1.29, 1.82) is 0 Å². The zero-order valence-corrected chi connectivity index (χ0v) is 9.19. The van der Waals surface area contributed by atoms with Gasteiger partial charge in [-0.2, -0.15) is 0 Å². The van der Waals surface area contributed by atoms with Crippen LogP contribution in [0.5, 0.6) is 5.75 Å². The maximum absolute atomic E-state index is 11.4. The van der Waals surface area contributed by atoms with Crippen molar-refractivity contribution in [2.24, 2.45) is 0 Å². The lowest BCUT2D eigenvalue weighted by Crippen LogP contribution is -2.44. The van der Waals surface area contributed by atoms with E-state index in [0.717, 1.165) is 24.3 Å². The van der Waals surface area contributed by atoms with E-state index in [4.69, 9.17) is 4.74 Å². The van der Waals surface area contributed by atoms with E-state index >= 15 is 0 Å². The number of ether oxygens (including phenoxy) is 1. The number of hydrogen-bond acceptors (Lipinski definition) is 3. The molecule has 0 saturated carbocycles. The highest BCUT2D eigenvalue weighted by molar-refractivity contribution is 5.81. The number of aliphatic carboxylic acids is 1. The normalized spacial score (nSPS) is 24.3. The molecule has 4 heteroatoms. The molecule has 0 aliphatic carbocycles. The topological polar surface area (TPSA) is 58.6 Å². The first-order valence-electron chi connectivity index (χ1n) is 5.32. The van der Waals surface area contributed by atoms with Crippen LogP contribution < -0.4 is 10.1 Å². The molecule has 1 saturated heterocycles. The number of carboxylic acids is 1. The second-order valence-corrected chi connectivity index (χ2v) is 3.97. The van der Waals surface area contributed by atoms with Crippen LogP contribution in [0.4, 0.5) is 0 Å². The van der Waals surface area contributed by atoms with Gasteiger partial charge in [-0.05, 0) is 37.1 Å². The molecule has 0 unspecified atom stereocenters. The first-order valence-corrected chi connectivity index (χ1v) is 5.32. The minimum Gasteiger partial charge on any atom is -0.497 e. The fourth-order valence-corrected chi connectivity index (χ4v) is 2.17. The highest BCUT2D eigenvalue weighted by Crippen LogP contribution is 2.32. The number of hydrogen-bond donors (Lipinski definition) is 2. The molecule has 0 spiro atoms. The molecule has 1 aliphatic rings. The van der Waals surface area contributed by atoms with Crippen molar-refractivity contribution in [2.45, 2.75) is 18.4 Å². The molecule has 4 nitrogen and oxygen atoms in total. The summed E-state index contributed by atoms with van der Waals surface area (Å²) >= 11 is 0. The summed E-state index contributed by atoms with van der Waals surface area (Å²) in [6, 6.07) is 7.20. The van der Waals surface area contributed by atoms with Gasteiger partial charge in [-0.25, -0.2) is 4.79 Å². The van der Waals surface area contributed by atoms with E-state index in [9.17, 15) is 9.90 Å². The molecule has 1 aromatic rings. The Hall–Kier alpha value is -1.55. The van der Waals surface area contributed by atoms with Gasteiger partial charge >= 0.3 is 5.97 Å². The summed E-state index contributed by atoms with van der Waals surface area (Å²) in [6.45, 7) is 0.748. The van der Waals surface area contributed by atoms with Crippen molar-refractivity contribution in [3.05, 3.63) is 29.8 Å². The number of rotatable bonds is 3. The Morgan fingerprint density at radius 3 is 2.56 bits per heavy atom. The first-order chi connectivity index (χ1) is 7.69. The SMILES string of the molecule is COc1ccc([C@@]2(C(=O)O)CCCN2)cc1. The summed E-state index contributed by atoms with van der Waals surface area (Å²) in [7, 11) is 1.59. The Kier molecular flexibility index (Phi) is 2.83. The standard InChI is InChI=1S/C12H15NO3/c1-16-10-5-3-9(4-6-10)12(11(14)15)7-2-8-13-12/h3-6,13H,2,7-8H2,1H3,(H,14,15)/t12-/m1/s1. The molecular weight excluding hydrogens is 206 g/mol. The highest BCUT2D eigenvalue weighted by atomic mass is 16.5. The van der Waals surface area contributed by atoms with E-state index in [-0.39, 0.29) is 0 Å². The monoisotopic (exact) mass is 221 g/mol. The fraction of sp³-hybridized carbons (Fsp3) is 0.417.